The van der Waals surface area contributed by atoms with Gasteiger partial charge >= 0.3 is 0 Å². The number of hydrogen-bond donors (Lipinski definition) is 0. The zero-order valence-corrected chi connectivity index (χ0v) is 8.24. The van der Waals surface area contributed by atoms with Gasteiger partial charge in [-0.1, -0.05) is 11.2 Å². The van der Waals surface area contributed by atoms with Crippen molar-refractivity contribution in [1.82, 2.24) is 4.98 Å². The van der Waals surface area contributed by atoms with E-state index in [9.17, 15) is 0 Å². The van der Waals surface area contributed by atoms with Crippen LogP contribution in [0.3, 0.4) is 0 Å². The fourth-order valence-electron chi connectivity index (χ4n) is 0.820. The van der Waals surface area contributed by atoms with E-state index in [1.54, 1.807) is 6.20 Å². The average molecular weight is 178 g/mol. The maximum absolute atomic E-state index is 5.07. The van der Waals surface area contributed by atoms with Crippen molar-refractivity contribution in [3.05, 3.63) is 29.6 Å². The summed E-state index contributed by atoms with van der Waals surface area (Å²) in [5.74, 6) is 0. The number of oxime groups is 1. The normalized spacial score (nSPS) is 9.46. The topological polar surface area (TPSA) is 34.5 Å². The van der Waals surface area contributed by atoms with Crippen molar-refractivity contribution >= 4 is 5.71 Å². The SMILES string of the molecule is CC(C)=NOCc1ccc(C)nc1. The van der Waals surface area contributed by atoms with Gasteiger partial charge in [0.1, 0.15) is 6.61 Å². The number of nitrogens with zero attached hydrogens (tertiary/aromatic N) is 2. The smallest absolute Gasteiger partial charge is 0.143 e. The lowest BCUT2D eigenvalue weighted by Crippen LogP contribution is -1.91. The molecule has 1 heterocycles. The van der Waals surface area contributed by atoms with Crippen LogP contribution in [0.1, 0.15) is 25.1 Å². The van der Waals surface area contributed by atoms with Gasteiger partial charge in [-0.2, -0.15) is 0 Å². The van der Waals surface area contributed by atoms with Crippen LogP contribution in [0.5, 0.6) is 0 Å². The summed E-state index contributed by atoms with van der Waals surface area (Å²) in [5, 5.41) is 3.83. The van der Waals surface area contributed by atoms with Crippen molar-refractivity contribution in [3.8, 4) is 0 Å². The van der Waals surface area contributed by atoms with Crippen molar-refractivity contribution < 1.29 is 4.84 Å². The van der Waals surface area contributed by atoms with Crippen LogP contribution in [-0.4, -0.2) is 10.7 Å². The number of aromatic nitrogens is 1. The fraction of sp³-hybridized carbons (Fsp3) is 0.400. The van der Waals surface area contributed by atoms with Gasteiger partial charge in [0.15, 0.2) is 0 Å². The van der Waals surface area contributed by atoms with Gasteiger partial charge in [0.25, 0.3) is 0 Å². The summed E-state index contributed by atoms with van der Waals surface area (Å²) in [6.45, 7) is 6.23. The van der Waals surface area contributed by atoms with E-state index in [1.165, 1.54) is 0 Å². The van der Waals surface area contributed by atoms with Crippen LogP contribution in [-0.2, 0) is 11.4 Å². The molecule has 0 fully saturated rings. The highest BCUT2D eigenvalue weighted by Crippen LogP contribution is 2.01. The largest absolute Gasteiger partial charge is 0.391 e. The van der Waals surface area contributed by atoms with Gasteiger partial charge in [-0.15, -0.1) is 0 Å². The van der Waals surface area contributed by atoms with Crippen LogP contribution in [0.15, 0.2) is 23.5 Å². The second kappa shape index (κ2) is 4.60. The number of hydrogen-bond acceptors (Lipinski definition) is 3. The standard InChI is InChI=1S/C10H14N2O/c1-8(2)12-13-7-10-5-4-9(3)11-6-10/h4-6H,7H2,1-3H3. The molecule has 0 aliphatic rings. The summed E-state index contributed by atoms with van der Waals surface area (Å²) in [4.78, 5) is 9.22. The van der Waals surface area contributed by atoms with Gasteiger partial charge in [-0.3, -0.25) is 4.98 Å². The lowest BCUT2D eigenvalue weighted by atomic mass is 10.3. The van der Waals surface area contributed by atoms with Gasteiger partial charge in [0.2, 0.25) is 0 Å². The molecule has 0 radical (unpaired) electrons. The molecule has 13 heavy (non-hydrogen) atoms. The minimum absolute atomic E-state index is 0.485. The van der Waals surface area contributed by atoms with Crippen LogP contribution < -0.4 is 0 Å². The van der Waals surface area contributed by atoms with E-state index in [1.807, 2.05) is 32.9 Å². The fourth-order valence-corrected chi connectivity index (χ4v) is 0.820. The Balaban J connectivity index is 2.46. The monoisotopic (exact) mass is 178 g/mol. The minimum Gasteiger partial charge on any atom is -0.391 e. The molecule has 0 unspecified atom stereocenters. The summed E-state index contributed by atoms with van der Waals surface area (Å²) >= 11 is 0. The third-order valence-electron chi connectivity index (χ3n) is 1.45. The summed E-state index contributed by atoms with van der Waals surface area (Å²) in [7, 11) is 0. The van der Waals surface area contributed by atoms with Crippen molar-refractivity contribution in [2.75, 3.05) is 0 Å². The van der Waals surface area contributed by atoms with E-state index in [4.69, 9.17) is 4.84 Å². The molecule has 70 valence electrons. The van der Waals surface area contributed by atoms with Gasteiger partial charge in [0.05, 0.1) is 5.71 Å². The summed E-state index contributed by atoms with van der Waals surface area (Å²) < 4.78 is 0. The quantitative estimate of drug-likeness (QED) is 0.525. The molecular weight excluding hydrogens is 164 g/mol. The van der Waals surface area contributed by atoms with Crippen LogP contribution >= 0.6 is 0 Å². The molecule has 1 rings (SSSR count). The second-order valence-electron chi connectivity index (χ2n) is 3.12. The van der Waals surface area contributed by atoms with Crippen LogP contribution in [0.25, 0.3) is 0 Å². The molecule has 0 atom stereocenters. The van der Waals surface area contributed by atoms with E-state index in [0.717, 1.165) is 17.0 Å². The van der Waals surface area contributed by atoms with Crippen molar-refractivity contribution in [1.29, 1.82) is 0 Å². The second-order valence-corrected chi connectivity index (χ2v) is 3.12. The lowest BCUT2D eigenvalue weighted by molar-refractivity contribution is 0.130. The Bertz CT molecular complexity index is 286. The molecular formula is C10H14N2O. The third-order valence-corrected chi connectivity index (χ3v) is 1.45. The highest BCUT2D eigenvalue weighted by Gasteiger charge is 1.92. The molecule has 0 bridgehead atoms. The summed E-state index contributed by atoms with van der Waals surface area (Å²) in [6, 6.07) is 3.95. The molecule has 0 spiro atoms. The number of aryl methyl sites for hydroxylation is 1. The highest BCUT2D eigenvalue weighted by molar-refractivity contribution is 5.78. The van der Waals surface area contributed by atoms with E-state index in [0.29, 0.717) is 6.61 Å². The molecule has 0 saturated heterocycles. The number of pyridine rings is 1. The van der Waals surface area contributed by atoms with Gasteiger partial charge in [-0.05, 0) is 26.8 Å². The first-order chi connectivity index (χ1) is 6.18. The van der Waals surface area contributed by atoms with Crippen molar-refractivity contribution in [2.45, 2.75) is 27.4 Å². The van der Waals surface area contributed by atoms with Crippen molar-refractivity contribution in [2.24, 2.45) is 5.16 Å². The Morgan fingerprint density at radius 3 is 2.77 bits per heavy atom. The zero-order valence-electron chi connectivity index (χ0n) is 8.24. The molecule has 3 nitrogen and oxygen atoms in total. The molecule has 0 aromatic carbocycles. The Morgan fingerprint density at radius 1 is 1.46 bits per heavy atom. The van der Waals surface area contributed by atoms with E-state index < -0.39 is 0 Å². The maximum atomic E-state index is 5.07. The van der Waals surface area contributed by atoms with Gasteiger partial charge in [-0.25, -0.2) is 0 Å². The predicted molar refractivity (Wildman–Crippen MR) is 52.5 cm³/mol. The van der Waals surface area contributed by atoms with Crippen LogP contribution in [0, 0.1) is 6.92 Å². The maximum Gasteiger partial charge on any atom is 0.143 e. The average Bonchev–Trinajstić information content (AvgIpc) is 2.08. The van der Waals surface area contributed by atoms with Gasteiger partial charge in [0, 0.05) is 17.5 Å². The van der Waals surface area contributed by atoms with Crippen molar-refractivity contribution in [3.63, 3.8) is 0 Å². The summed E-state index contributed by atoms with van der Waals surface area (Å²) in [6.07, 6.45) is 1.80. The molecule has 0 N–H and O–H groups in total. The molecule has 0 saturated carbocycles. The zero-order chi connectivity index (χ0) is 9.68. The van der Waals surface area contributed by atoms with E-state index in [2.05, 4.69) is 10.1 Å². The number of rotatable bonds is 3. The summed E-state index contributed by atoms with van der Waals surface area (Å²) in [5.41, 5.74) is 2.97. The van der Waals surface area contributed by atoms with Gasteiger partial charge < -0.3 is 4.84 Å². The molecule has 1 aromatic heterocycles. The minimum atomic E-state index is 0.485. The lowest BCUT2D eigenvalue weighted by Gasteiger charge is -1.99. The Kier molecular flexibility index (Phi) is 3.43. The van der Waals surface area contributed by atoms with E-state index >= 15 is 0 Å². The highest BCUT2D eigenvalue weighted by atomic mass is 16.6. The Morgan fingerprint density at radius 2 is 2.23 bits per heavy atom. The first-order valence-electron chi connectivity index (χ1n) is 4.23. The first-order valence-corrected chi connectivity index (χ1v) is 4.23. The van der Waals surface area contributed by atoms with Crippen LogP contribution in [0.4, 0.5) is 0 Å². The molecule has 0 aliphatic heterocycles. The Labute approximate surface area is 78.4 Å². The predicted octanol–water partition coefficient (Wildman–Crippen LogP) is 2.30. The van der Waals surface area contributed by atoms with E-state index in [-0.39, 0.29) is 0 Å². The molecule has 1 aromatic rings. The Hall–Kier alpha value is -1.38. The third kappa shape index (κ3) is 3.69. The molecule has 3 heteroatoms. The molecule has 0 amide bonds. The first kappa shape index (κ1) is 9.71. The van der Waals surface area contributed by atoms with Crippen LogP contribution in [0.2, 0.25) is 0 Å². The molecule has 0 aliphatic carbocycles.